The van der Waals surface area contributed by atoms with Crippen molar-refractivity contribution in [1.82, 2.24) is 0 Å². The van der Waals surface area contributed by atoms with Gasteiger partial charge in [0, 0.05) is 11.8 Å². The summed E-state index contributed by atoms with van der Waals surface area (Å²) in [6.07, 6.45) is 0.530. The molecule has 0 saturated carbocycles. The zero-order chi connectivity index (χ0) is 14.2. The number of carbonyl (C=O) groups excluding carboxylic acids is 1. The van der Waals surface area contributed by atoms with E-state index in [1.165, 1.54) is 5.56 Å². The average molecular weight is 258 g/mol. The van der Waals surface area contributed by atoms with Crippen molar-refractivity contribution >= 4 is 16.8 Å². The largest absolute Gasteiger partial charge is 0.453 e. The van der Waals surface area contributed by atoms with Gasteiger partial charge in [0.05, 0.1) is 0 Å². The lowest BCUT2D eigenvalue weighted by Gasteiger charge is -2.26. The zero-order valence-corrected chi connectivity index (χ0v) is 12.4. The van der Waals surface area contributed by atoms with Crippen LogP contribution in [0.4, 0.5) is 0 Å². The molecule has 0 amide bonds. The third-order valence-corrected chi connectivity index (χ3v) is 3.92. The Kier molecular flexibility index (Phi) is 3.53. The van der Waals surface area contributed by atoms with Crippen molar-refractivity contribution < 1.29 is 9.21 Å². The maximum absolute atomic E-state index is 12.3. The van der Waals surface area contributed by atoms with Crippen molar-refractivity contribution in [2.24, 2.45) is 11.3 Å². The van der Waals surface area contributed by atoms with Gasteiger partial charge in [0.15, 0.2) is 11.5 Å². The monoisotopic (exact) mass is 258 g/mol. The fraction of sp³-hybridized carbons (Fsp3) is 0.471. The molecule has 1 unspecified atom stereocenters. The maximum atomic E-state index is 12.3. The van der Waals surface area contributed by atoms with E-state index >= 15 is 0 Å². The number of aryl methyl sites for hydroxylation is 1. The summed E-state index contributed by atoms with van der Waals surface area (Å²) in [5.41, 5.74) is 2.10. The van der Waals surface area contributed by atoms with Crippen LogP contribution in [0.2, 0.25) is 0 Å². The summed E-state index contributed by atoms with van der Waals surface area (Å²) in [5.74, 6) is 0.905. The van der Waals surface area contributed by atoms with Crippen molar-refractivity contribution in [3.05, 3.63) is 35.6 Å². The predicted octanol–water partition coefficient (Wildman–Crippen LogP) is 5.00. The molecule has 19 heavy (non-hydrogen) atoms. The summed E-state index contributed by atoms with van der Waals surface area (Å²) in [5, 5.41) is 1.01. The van der Waals surface area contributed by atoms with Crippen LogP contribution in [0.25, 0.3) is 11.0 Å². The van der Waals surface area contributed by atoms with Crippen LogP contribution in [0.3, 0.4) is 0 Å². The van der Waals surface area contributed by atoms with Gasteiger partial charge in [-0.15, -0.1) is 0 Å². The second kappa shape index (κ2) is 4.84. The van der Waals surface area contributed by atoms with Crippen molar-refractivity contribution in [1.29, 1.82) is 0 Å². The fourth-order valence-electron chi connectivity index (χ4n) is 1.99. The molecule has 1 atom stereocenters. The maximum Gasteiger partial charge on any atom is 0.198 e. The highest BCUT2D eigenvalue weighted by Gasteiger charge is 2.24. The van der Waals surface area contributed by atoms with Gasteiger partial charge in [0.25, 0.3) is 0 Å². The lowest BCUT2D eigenvalue weighted by atomic mass is 9.79. The van der Waals surface area contributed by atoms with Crippen molar-refractivity contribution in [2.75, 3.05) is 0 Å². The molecule has 102 valence electrons. The molecular weight excluding hydrogens is 236 g/mol. The summed E-state index contributed by atoms with van der Waals surface area (Å²) in [6.45, 7) is 10.6. The molecule has 1 heterocycles. The molecule has 0 aliphatic heterocycles. The van der Waals surface area contributed by atoms with E-state index in [0.717, 1.165) is 11.0 Å². The van der Waals surface area contributed by atoms with Crippen LogP contribution in [-0.4, -0.2) is 5.78 Å². The molecule has 0 radical (unpaired) electrons. The molecule has 1 aromatic carbocycles. The molecular formula is C17H22O2. The number of furan rings is 1. The van der Waals surface area contributed by atoms with Gasteiger partial charge in [-0.3, -0.25) is 4.79 Å². The average Bonchev–Trinajstić information content (AvgIpc) is 2.70. The molecule has 0 aliphatic rings. The van der Waals surface area contributed by atoms with Crippen LogP contribution >= 0.6 is 0 Å². The van der Waals surface area contributed by atoms with E-state index in [4.69, 9.17) is 4.42 Å². The Morgan fingerprint density at radius 3 is 2.58 bits per heavy atom. The van der Waals surface area contributed by atoms with Gasteiger partial charge in [-0.2, -0.15) is 0 Å². The topological polar surface area (TPSA) is 30.2 Å². The molecule has 0 N–H and O–H groups in total. The third kappa shape index (κ3) is 3.06. The summed E-state index contributed by atoms with van der Waals surface area (Å²) in [4.78, 5) is 12.3. The first-order valence-electron chi connectivity index (χ1n) is 6.81. The van der Waals surface area contributed by atoms with Crippen molar-refractivity contribution in [3.63, 3.8) is 0 Å². The number of Topliss-reactive ketones (excluding diaryl/α,β-unsaturated/α-hetero) is 1. The standard InChI is InChI=1S/C17H22O2/c1-11-6-7-15-13(8-11)10-16(19-15)14(18)9-12(2)17(3,4)5/h6-8,10,12H,9H2,1-5H3. The van der Waals surface area contributed by atoms with Crippen LogP contribution in [0, 0.1) is 18.3 Å². The highest BCUT2D eigenvalue weighted by Crippen LogP contribution is 2.30. The first-order valence-corrected chi connectivity index (χ1v) is 6.81. The second-order valence-electron chi connectivity index (χ2n) is 6.55. The summed E-state index contributed by atoms with van der Waals surface area (Å²) in [7, 11) is 0. The van der Waals surface area contributed by atoms with E-state index in [1.54, 1.807) is 0 Å². The van der Waals surface area contributed by atoms with Crippen LogP contribution in [0.15, 0.2) is 28.7 Å². The first-order chi connectivity index (χ1) is 8.77. The second-order valence-corrected chi connectivity index (χ2v) is 6.55. The van der Waals surface area contributed by atoms with Gasteiger partial charge < -0.3 is 4.42 Å². The summed E-state index contributed by atoms with van der Waals surface area (Å²) in [6, 6.07) is 7.83. The minimum absolute atomic E-state index is 0.0938. The van der Waals surface area contributed by atoms with Gasteiger partial charge in [0.2, 0.25) is 0 Å². The Bertz CT molecular complexity index is 599. The molecule has 2 rings (SSSR count). The van der Waals surface area contributed by atoms with Crippen LogP contribution in [-0.2, 0) is 0 Å². The Balaban J connectivity index is 2.22. The van der Waals surface area contributed by atoms with Gasteiger partial charge in [-0.1, -0.05) is 39.3 Å². The summed E-state index contributed by atoms with van der Waals surface area (Å²) >= 11 is 0. The van der Waals surface area contributed by atoms with Gasteiger partial charge in [-0.05, 0) is 36.5 Å². The number of rotatable bonds is 3. The minimum Gasteiger partial charge on any atom is -0.453 e. The fourth-order valence-corrected chi connectivity index (χ4v) is 1.99. The molecule has 2 heteroatoms. The van der Waals surface area contributed by atoms with Gasteiger partial charge >= 0.3 is 0 Å². The number of benzene rings is 1. The Morgan fingerprint density at radius 2 is 1.95 bits per heavy atom. The molecule has 0 aliphatic carbocycles. The highest BCUT2D eigenvalue weighted by molar-refractivity contribution is 5.97. The molecule has 0 fully saturated rings. The Hall–Kier alpha value is -1.57. The van der Waals surface area contributed by atoms with E-state index in [2.05, 4.69) is 27.7 Å². The van der Waals surface area contributed by atoms with E-state index in [9.17, 15) is 4.79 Å². The van der Waals surface area contributed by atoms with Gasteiger partial charge in [-0.25, -0.2) is 0 Å². The van der Waals surface area contributed by atoms with Gasteiger partial charge in [0.1, 0.15) is 5.58 Å². The van der Waals surface area contributed by atoms with Crippen molar-refractivity contribution in [2.45, 2.75) is 41.0 Å². The molecule has 2 nitrogen and oxygen atoms in total. The molecule has 1 aromatic heterocycles. The van der Waals surface area contributed by atoms with Crippen LogP contribution in [0.5, 0.6) is 0 Å². The lowest BCUT2D eigenvalue weighted by Crippen LogP contribution is -2.20. The van der Waals surface area contributed by atoms with E-state index in [1.807, 2.05) is 31.2 Å². The molecule has 0 saturated heterocycles. The number of hydrogen-bond donors (Lipinski definition) is 0. The Labute approximate surface area is 114 Å². The normalized spacial score (nSPS) is 13.7. The van der Waals surface area contributed by atoms with Crippen LogP contribution in [0.1, 0.15) is 50.2 Å². The van der Waals surface area contributed by atoms with E-state index in [0.29, 0.717) is 18.1 Å². The number of fused-ring (bicyclic) bond motifs is 1. The van der Waals surface area contributed by atoms with Crippen LogP contribution < -0.4 is 0 Å². The summed E-state index contributed by atoms with van der Waals surface area (Å²) < 4.78 is 5.65. The quantitative estimate of drug-likeness (QED) is 0.725. The predicted molar refractivity (Wildman–Crippen MR) is 78.5 cm³/mol. The zero-order valence-electron chi connectivity index (χ0n) is 12.4. The number of ketones is 1. The Morgan fingerprint density at radius 1 is 1.26 bits per heavy atom. The van der Waals surface area contributed by atoms with Crippen molar-refractivity contribution in [3.8, 4) is 0 Å². The highest BCUT2D eigenvalue weighted by atomic mass is 16.3. The molecule has 2 aromatic rings. The third-order valence-electron chi connectivity index (χ3n) is 3.92. The van der Waals surface area contributed by atoms with E-state index in [-0.39, 0.29) is 11.2 Å². The smallest absolute Gasteiger partial charge is 0.198 e. The molecule has 0 bridgehead atoms. The molecule has 0 spiro atoms. The van der Waals surface area contributed by atoms with E-state index < -0.39 is 0 Å². The SMILES string of the molecule is Cc1ccc2oc(C(=O)CC(C)C(C)(C)C)cc2c1. The number of hydrogen-bond acceptors (Lipinski definition) is 2. The number of carbonyl (C=O) groups is 1. The lowest BCUT2D eigenvalue weighted by molar-refractivity contribution is 0.0902. The first kappa shape index (κ1) is 13.9. The minimum atomic E-state index is 0.0938.